The van der Waals surface area contributed by atoms with Gasteiger partial charge in [-0.05, 0) is 43.2 Å². The lowest BCUT2D eigenvalue weighted by Gasteiger charge is -2.29. The van der Waals surface area contributed by atoms with Crippen molar-refractivity contribution >= 4 is 45.6 Å². The van der Waals surface area contributed by atoms with Crippen LogP contribution in [0.25, 0.3) is 16.6 Å². The van der Waals surface area contributed by atoms with E-state index in [-0.39, 0.29) is 6.04 Å². The van der Waals surface area contributed by atoms with Gasteiger partial charge in [-0.25, -0.2) is 9.67 Å². The van der Waals surface area contributed by atoms with Gasteiger partial charge in [-0.3, -0.25) is 0 Å². The average molecular weight is 410 g/mol. The molecule has 5 nitrogen and oxygen atoms in total. The van der Waals surface area contributed by atoms with Gasteiger partial charge in [0.2, 0.25) is 0 Å². The number of hydrogen-bond acceptors (Lipinski definition) is 3. The quantitative estimate of drug-likeness (QED) is 0.438. The first-order chi connectivity index (χ1) is 13.5. The molecule has 2 N–H and O–H groups in total. The van der Waals surface area contributed by atoms with Crippen LogP contribution in [0.4, 0.5) is 5.82 Å². The van der Waals surface area contributed by atoms with Crippen LogP contribution in [-0.4, -0.2) is 19.7 Å². The number of hydrogen-bond donors (Lipinski definition) is 2. The Bertz CT molecular complexity index is 1250. The molecule has 2 aromatic carbocycles. The van der Waals surface area contributed by atoms with Crippen molar-refractivity contribution in [2.45, 2.75) is 19.9 Å². The zero-order chi connectivity index (χ0) is 19.4. The van der Waals surface area contributed by atoms with Crippen molar-refractivity contribution in [3.05, 3.63) is 81.4 Å². The van der Waals surface area contributed by atoms with E-state index in [0.29, 0.717) is 10.0 Å². The Hall–Kier alpha value is -2.76. The topological polar surface area (TPSA) is 58.5 Å². The lowest BCUT2D eigenvalue weighted by atomic mass is 9.95. The highest BCUT2D eigenvalue weighted by Crippen LogP contribution is 2.41. The van der Waals surface area contributed by atoms with Gasteiger partial charge in [0.05, 0.1) is 27.3 Å². The molecule has 0 saturated carbocycles. The standard InChI is InChI=1S/C21H17Cl2N5/c1-11-4-3-5-16-19(11)27-21(26-16)18-12(2)25-17-8-9-24-28(17)20(18)13-6-7-14(22)15(23)10-13/h3-10,20,25H,1-2H3,(H,26,27). The second kappa shape index (κ2) is 6.40. The van der Waals surface area contributed by atoms with Crippen LogP contribution >= 0.6 is 23.2 Å². The number of nitrogens with one attached hydrogen (secondary N) is 2. The van der Waals surface area contributed by atoms with Gasteiger partial charge in [0.1, 0.15) is 17.7 Å². The summed E-state index contributed by atoms with van der Waals surface area (Å²) in [6.45, 7) is 4.12. The molecule has 0 aliphatic carbocycles. The number of aryl methyl sites for hydroxylation is 1. The number of aromatic amines is 1. The largest absolute Gasteiger partial charge is 0.344 e. The monoisotopic (exact) mass is 409 g/mol. The van der Waals surface area contributed by atoms with E-state index >= 15 is 0 Å². The number of aromatic nitrogens is 4. The number of para-hydroxylation sites is 1. The second-order valence-corrected chi connectivity index (χ2v) is 7.77. The van der Waals surface area contributed by atoms with Crippen LogP contribution in [0.15, 0.2) is 54.4 Å². The van der Waals surface area contributed by atoms with Gasteiger partial charge in [0.25, 0.3) is 0 Å². The summed E-state index contributed by atoms with van der Waals surface area (Å²) in [7, 11) is 0. The summed E-state index contributed by atoms with van der Waals surface area (Å²) in [5.74, 6) is 1.73. The van der Waals surface area contributed by atoms with Crippen LogP contribution in [0.1, 0.15) is 29.9 Å². The number of anilines is 1. The van der Waals surface area contributed by atoms with E-state index in [1.807, 2.05) is 41.1 Å². The minimum Gasteiger partial charge on any atom is -0.344 e. The summed E-state index contributed by atoms with van der Waals surface area (Å²) in [6, 6.07) is 13.6. The van der Waals surface area contributed by atoms with Crippen molar-refractivity contribution in [1.29, 1.82) is 0 Å². The maximum atomic E-state index is 6.33. The lowest BCUT2D eigenvalue weighted by Crippen LogP contribution is -2.24. The van der Waals surface area contributed by atoms with Gasteiger partial charge in [-0.15, -0.1) is 0 Å². The van der Waals surface area contributed by atoms with Crippen molar-refractivity contribution in [3.63, 3.8) is 0 Å². The molecule has 1 aliphatic heterocycles. The summed E-state index contributed by atoms with van der Waals surface area (Å²) in [4.78, 5) is 8.38. The normalized spacial score (nSPS) is 16.4. The van der Waals surface area contributed by atoms with E-state index in [1.54, 1.807) is 6.20 Å². The van der Waals surface area contributed by atoms with Crippen LogP contribution in [0.5, 0.6) is 0 Å². The molecule has 0 radical (unpaired) electrons. The van der Waals surface area contributed by atoms with E-state index in [1.165, 1.54) is 0 Å². The maximum absolute atomic E-state index is 6.33. The van der Waals surface area contributed by atoms with Crippen LogP contribution in [0.3, 0.4) is 0 Å². The van der Waals surface area contributed by atoms with Crippen molar-refractivity contribution in [2.24, 2.45) is 0 Å². The molecule has 4 aromatic rings. The SMILES string of the molecule is CC1=C(c2nc3c(C)cccc3[nH]2)C(c2ccc(Cl)c(Cl)c2)n2nccc2N1. The first-order valence-corrected chi connectivity index (χ1v) is 9.70. The van der Waals surface area contributed by atoms with Gasteiger partial charge in [-0.1, -0.05) is 41.4 Å². The van der Waals surface area contributed by atoms with E-state index < -0.39 is 0 Å². The van der Waals surface area contributed by atoms with Crippen molar-refractivity contribution in [2.75, 3.05) is 5.32 Å². The second-order valence-electron chi connectivity index (χ2n) is 6.96. The summed E-state index contributed by atoms with van der Waals surface area (Å²) >= 11 is 12.5. The van der Waals surface area contributed by atoms with E-state index in [0.717, 1.165) is 45.1 Å². The number of benzene rings is 2. The molecule has 140 valence electrons. The molecule has 1 unspecified atom stereocenters. The van der Waals surface area contributed by atoms with Crippen LogP contribution in [0, 0.1) is 6.92 Å². The predicted octanol–water partition coefficient (Wildman–Crippen LogP) is 5.82. The molecule has 2 aromatic heterocycles. The maximum Gasteiger partial charge on any atom is 0.138 e. The molecule has 5 rings (SSSR count). The Labute approximate surface area is 172 Å². The molecule has 1 atom stereocenters. The minimum atomic E-state index is -0.179. The van der Waals surface area contributed by atoms with Crippen molar-refractivity contribution in [1.82, 2.24) is 19.7 Å². The molecule has 0 bridgehead atoms. The first-order valence-electron chi connectivity index (χ1n) is 8.95. The van der Waals surface area contributed by atoms with Gasteiger partial charge < -0.3 is 10.3 Å². The van der Waals surface area contributed by atoms with Gasteiger partial charge in [-0.2, -0.15) is 5.10 Å². The average Bonchev–Trinajstić information content (AvgIpc) is 3.30. The number of imidazole rings is 1. The van der Waals surface area contributed by atoms with Gasteiger partial charge in [0.15, 0.2) is 0 Å². The number of fused-ring (bicyclic) bond motifs is 2. The Morgan fingerprint density at radius 1 is 1.04 bits per heavy atom. The van der Waals surface area contributed by atoms with Crippen LogP contribution < -0.4 is 5.32 Å². The summed E-state index contributed by atoms with van der Waals surface area (Å²) in [5.41, 5.74) is 6.14. The van der Waals surface area contributed by atoms with Crippen molar-refractivity contribution in [3.8, 4) is 0 Å². The Morgan fingerprint density at radius 2 is 1.89 bits per heavy atom. The number of H-pyrrole nitrogens is 1. The number of allylic oxidation sites excluding steroid dienone is 2. The van der Waals surface area contributed by atoms with E-state index in [2.05, 4.69) is 35.3 Å². The third kappa shape index (κ3) is 2.62. The van der Waals surface area contributed by atoms with Gasteiger partial charge >= 0.3 is 0 Å². The minimum absolute atomic E-state index is 0.179. The molecule has 0 amide bonds. The highest BCUT2D eigenvalue weighted by Gasteiger charge is 2.31. The Kier molecular flexibility index (Phi) is 3.96. The van der Waals surface area contributed by atoms with E-state index in [4.69, 9.17) is 28.2 Å². The third-order valence-corrected chi connectivity index (χ3v) is 5.88. The number of nitrogens with zero attached hydrogens (tertiary/aromatic N) is 3. The molecule has 1 aliphatic rings. The lowest BCUT2D eigenvalue weighted by molar-refractivity contribution is 0.616. The highest BCUT2D eigenvalue weighted by atomic mass is 35.5. The first kappa shape index (κ1) is 17.3. The molecule has 7 heteroatoms. The highest BCUT2D eigenvalue weighted by molar-refractivity contribution is 6.42. The van der Waals surface area contributed by atoms with Crippen LogP contribution in [-0.2, 0) is 0 Å². The molecule has 3 heterocycles. The molecular weight excluding hydrogens is 393 g/mol. The fraction of sp³-hybridized carbons (Fsp3) is 0.143. The fourth-order valence-corrected chi connectivity index (χ4v) is 4.11. The zero-order valence-electron chi connectivity index (χ0n) is 15.3. The number of rotatable bonds is 2. The molecular formula is C21H17Cl2N5. The summed E-state index contributed by atoms with van der Waals surface area (Å²) < 4.78 is 1.95. The summed E-state index contributed by atoms with van der Waals surface area (Å²) in [5, 5.41) is 9.03. The predicted molar refractivity (Wildman–Crippen MR) is 114 cm³/mol. The Morgan fingerprint density at radius 3 is 2.68 bits per heavy atom. The third-order valence-electron chi connectivity index (χ3n) is 5.14. The zero-order valence-corrected chi connectivity index (χ0v) is 16.8. The summed E-state index contributed by atoms with van der Waals surface area (Å²) in [6.07, 6.45) is 1.78. The smallest absolute Gasteiger partial charge is 0.138 e. The molecule has 28 heavy (non-hydrogen) atoms. The Balaban J connectivity index is 1.75. The number of halogens is 2. The van der Waals surface area contributed by atoms with E-state index in [9.17, 15) is 0 Å². The molecule has 0 spiro atoms. The molecule has 0 fully saturated rings. The molecule has 0 saturated heterocycles. The van der Waals surface area contributed by atoms with Crippen LogP contribution in [0.2, 0.25) is 10.0 Å². The van der Waals surface area contributed by atoms with Gasteiger partial charge in [0, 0.05) is 17.3 Å². The van der Waals surface area contributed by atoms with Crippen molar-refractivity contribution < 1.29 is 0 Å². The fourth-order valence-electron chi connectivity index (χ4n) is 3.81.